The van der Waals surface area contributed by atoms with Crippen LogP contribution in [0.4, 0.5) is 14.6 Å². The Balaban J connectivity index is 1.36. The monoisotopic (exact) mass is 412 g/mol. The van der Waals surface area contributed by atoms with Crippen molar-refractivity contribution in [2.24, 2.45) is 0 Å². The van der Waals surface area contributed by atoms with Gasteiger partial charge in [0.05, 0.1) is 29.8 Å². The van der Waals surface area contributed by atoms with Crippen molar-refractivity contribution in [3.05, 3.63) is 48.5 Å². The standard InChI is InChI=1S/C21H22F2N6O/c1-28(18-8-13-2-5-17(25-13)21(18)23)20-7-6-16(26-27-20)15-4-3-14(9-19(15)30)29-11-12(22)10-24-29/h3-4,6-7,9-11,13,17-18,21,25,30H,2,5,8H2,1H3/t13?,17?,18-,21+/m0/s1. The molecule has 2 aliphatic rings. The molecular weight excluding hydrogens is 390 g/mol. The normalized spacial score (nSPS) is 25.4. The molecule has 2 bridgehead atoms. The number of hydrogen-bond acceptors (Lipinski definition) is 6. The zero-order valence-corrected chi connectivity index (χ0v) is 16.4. The van der Waals surface area contributed by atoms with Crippen LogP contribution in [0, 0.1) is 5.82 Å². The second kappa shape index (κ2) is 7.32. The molecule has 7 nitrogen and oxygen atoms in total. The van der Waals surface area contributed by atoms with Crippen LogP contribution in [0.25, 0.3) is 16.9 Å². The Labute approximate surface area is 172 Å². The molecule has 30 heavy (non-hydrogen) atoms. The number of phenols is 1. The summed E-state index contributed by atoms with van der Waals surface area (Å²) >= 11 is 0. The summed E-state index contributed by atoms with van der Waals surface area (Å²) in [5, 5.41) is 26.2. The molecule has 9 heteroatoms. The van der Waals surface area contributed by atoms with E-state index in [1.165, 1.54) is 16.9 Å². The molecule has 4 heterocycles. The van der Waals surface area contributed by atoms with E-state index in [1.54, 1.807) is 24.3 Å². The van der Waals surface area contributed by atoms with E-state index in [-0.39, 0.29) is 17.8 Å². The van der Waals surface area contributed by atoms with Gasteiger partial charge < -0.3 is 15.3 Å². The molecule has 2 aliphatic heterocycles. The molecule has 156 valence electrons. The minimum absolute atomic E-state index is 0.0161. The Hall–Kier alpha value is -3.07. The van der Waals surface area contributed by atoms with Crippen LogP contribution < -0.4 is 10.2 Å². The molecular formula is C21H22F2N6O. The Morgan fingerprint density at radius 1 is 1.20 bits per heavy atom. The van der Waals surface area contributed by atoms with Crippen molar-refractivity contribution < 1.29 is 13.9 Å². The Morgan fingerprint density at radius 3 is 2.77 bits per heavy atom. The van der Waals surface area contributed by atoms with Crippen LogP contribution in [0.15, 0.2) is 42.7 Å². The number of piperidine rings is 1. The summed E-state index contributed by atoms with van der Waals surface area (Å²) in [7, 11) is 1.85. The summed E-state index contributed by atoms with van der Waals surface area (Å²) in [6.07, 6.45) is 4.01. The van der Waals surface area contributed by atoms with Crippen LogP contribution in [-0.4, -0.2) is 56.4 Å². The molecule has 2 unspecified atom stereocenters. The van der Waals surface area contributed by atoms with E-state index in [4.69, 9.17) is 0 Å². The SMILES string of the molecule is CN(c1ccc(-c2ccc(-n3cc(F)cn3)cc2O)nn1)[C@H]1CC2CCC(N2)[C@H]1F. The van der Waals surface area contributed by atoms with Gasteiger partial charge in [0.25, 0.3) is 0 Å². The summed E-state index contributed by atoms with van der Waals surface area (Å²) in [4.78, 5) is 1.86. The van der Waals surface area contributed by atoms with Gasteiger partial charge >= 0.3 is 0 Å². The maximum absolute atomic E-state index is 14.8. The topological polar surface area (TPSA) is 79.1 Å². The number of halogens is 2. The van der Waals surface area contributed by atoms with Gasteiger partial charge in [0.1, 0.15) is 11.9 Å². The van der Waals surface area contributed by atoms with Crippen molar-refractivity contribution in [3.8, 4) is 22.7 Å². The molecule has 2 N–H and O–H groups in total. The number of phenolic OH excluding ortho intramolecular Hbond substituents is 1. The molecule has 0 amide bonds. The van der Waals surface area contributed by atoms with E-state index in [1.807, 2.05) is 11.9 Å². The third-order valence-corrected chi connectivity index (χ3v) is 6.14. The van der Waals surface area contributed by atoms with Gasteiger partial charge in [-0.05, 0) is 43.5 Å². The van der Waals surface area contributed by atoms with Crippen molar-refractivity contribution >= 4 is 5.82 Å². The van der Waals surface area contributed by atoms with Crippen molar-refractivity contribution in [2.45, 2.75) is 43.6 Å². The average Bonchev–Trinajstić information content (AvgIpc) is 3.37. The summed E-state index contributed by atoms with van der Waals surface area (Å²) in [5.41, 5.74) is 1.51. The van der Waals surface area contributed by atoms with Crippen molar-refractivity contribution in [1.29, 1.82) is 0 Å². The Bertz CT molecular complexity index is 1060. The Kier molecular flexibility index (Phi) is 4.62. The van der Waals surface area contributed by atoms with E-state index < -0.39 is 12.0 Å². The van der Waals surface area contributed by atoms with Gasteiger partial charge in [0.2, 0.25) is 0 Å². The van der Waals surface area contributed by atoms with Crippen molar-refractivity contribution in [2.75, 3.05) is 11.9 Å². The largest absolute Gasteiger partial charge is 0.507 e. The molecule has 1 aromatic carbocycles. The van der Waals surface area contributed by atoms with E-state index in [2.05, 4.69) is 20.6 Å². The fourth-order valence-corrected chi connectivity index (χ4v) is 4.50. The zero-order valence-electron chi connectivity index (χ0n) is 16.4. The van der Waals surface area contributed by atoms with E-state index in [9.17, 15) is 13.9 Å². The predicted molar refractivity (Wildman–Crippen MR) is 108 cm³/mol. The minimum Gasteiger partial charge on any atom is -0.507 e. The van der Waals surface area contributed by atoms with Gasteiger partial charge in [-0.3, -0.25) is 0 Å². The van der Waals surface area contributed by atoms with Crippen LogP contribution in [-0.2, 0) is 0 Å². The van der Waals surface area contributed by atoms with E-state index in [0.717, 1.165) is 25.5 Å². The van der Waals surface area contributed by atoms with Gasteiger partial charge in [-0.15, -0.1) is 10.2 Å². The van der Waals surface area contributed by atoms with Gasteiger partial charge in [-0.2, -0.15) is 5.10 Å². The molecule has 2 fully saturated rings. The Morgan fingerprint density at radius 2 is 2.07 bits per heavy atom. The van der Waals surface area contributed by atoms with Crippen LogP contribution >= 0.6 is 0 Å². The highest BCUT2D eigenvalue weighted by molar-refractivity contribution is 5.69. The van der Waals surface area contributed by atoms with Crippen LogP contribution in [0.5, 0.6) is 5.75 Å². The molecule has 5 rings (SSSR count). The van der Waals surface area contributed by atoms with Crippen LogP contribution in [0.1, 0.15) is 19.3 Å². The van der Waals surface area contributed by atoms with Crippen LogP contribution in [0.2, 0.25) is 0 Å². The minimum atomic E-state index is -0.945. The number of rotatable bonds is 4. The molecule has 4 atom stereocenters. The summed E-state index contributed by atoms with van der Waals surface area (Å²) in [6, 6.07) is 8.47. The lowest BCUT2D eigenvalue weighted by Crippen LogP contribution is -2.55. The molecule has 2 aromatic heterocycles. The maximum Gasteiger partial charge on any atom is 0.161 e. The smallest absolute Gasteiger partial charge is 0.161 e. The summed E-state index contributed by atoms with van der Waals surface area (Å²) < 4.78 is 29.3. The second-order valence-corrected chi connectivity index (χ2v) is 7.99. The molecule has 0 saturated carbocycles. The first-order chi connectivity index (χ1) is 14.5. The predicted octanol–water partition coefficient (Wildman–Crippen LogP) is 2.84. The number of fused-ring (bicyclic) bond motifs is 2. The highest BCUT2D eigenvalue weighted by Gasteiger charge is 2.43. The number of aromatic hydroxyl groups is 1. The highest BCUT2D eigenvalue weighted by atomic mass is 19.1. The fraction of sp³-hybridized carbons (Fsp3) is 0.381. The molecule has 0 aliphatic carbocycles. The highest BCUT2D eigenvalue weighted by Crippen LogP contribution is 2.34. The second-order valence-electron chi connectivity index (χ2n) is 7.99. The van der Waals surface area contributed by atoms with Gasteiger partial charge in [-0.1, -0.05) is 0 Å². The zero-order chi connectivity index (χ0) is 20.8. The van der Waals surface area contributed by atoms with Gasteiger partial charge in [0.15, 0.2) is 11.6 Å². The molecule has 2 saturated heterocycles. The first-order valence-electron chi connectivity index (χ1n) is 10.0. The molecule has 3 aromatic rings. The van der Waals surface area contributed by atoms with E-state index >= 15 is 0 Å². The maximum atomic E-state index is 14.8. The number of alkyl halides is 1. The number of nitrogens with one attached hydrogen (secondary N) is 1. The van der Waals surface area contributed by atoms with Gasteiger partial charge in [-0.25, -0.2) is 13.5 Å². The summed E-state index contributed by atoms with van der Waals surface area (Å²) in [6.45, 7) is 0. The average molecular weight is 412 g/mol. The van der Waals surface area contributed by atoms with Crippen molar-refractivity contribution in [1.82, 2.24) is 25.3 Å². The quantitative estimate of drug-likeness (QED) is 0.686. The third kappa shape index (κ3) is 3.28. The van der Waals surface area contributed by atoms with Crippen molar-refractivity contribution in [3.63, 3.8) is 0 Å². The summed E-state index contributed by atoms with van der Waals surface area (Å²) in [5.74, 6) is 0.120. The number of aromatic nitrogens is 4. The number of anilines is 1. The molecule has 0 spiro atoms. The lowest BCUT2D eigenvalue weighted by molar-refractivity contribution is 0.176. The van der Waals surface area contributed by atoms with Crippen LogP contribution in [0.3, 0.4) is 0 Å². The van der Waals surface area contributed by atoms with E-state index in [0.29, 0.717) is 28.8 Å². The number of nitrogens with zero attached hydrogens (tertiary/aromatic N) is 5. The lowest BCUT2D eigenvalue weighted by atomic mass is 9.96. The van der Waals surface area contributed by atoms with Gasteiger partial charge in [0, 0.05) is 30.8 Å². The number of benzene rings is 1. The lowest BCUT2D eigenvalue weighted by Gasteiger charge is -2.38. The number of hydrogen-bond donors (Lipinski definition) is 2. The first kappa shape index (κ1) is 18.9. The first-order valence-corrected chi connectivity index (χ1v) is 10.0. The fourth-order valence-electron chi connectivity index (χ4n) is 4.50. The molecule has 0 radical (unpaired) electrons. The third-order valence-electron chi connectivity index (χ3n) is 6.14.